The average molecular weight is 254 g/mol. The first-order chi connectivity index (χ1) is 9.02. The molecule has 0 spiro atoms. The van der Waals surface area contributed by atoms with E-state index >= 15 is 0 Å². The number of amides is 1. The number of hydrogen-bond acceptors (Lipinski definition) is 3. The fourth-order valence-electron chi connectivity index (χ4n) is 1.92. The lowest BCUT2D eigenvalue weighted by molar-refractivity contribution is 0.101. The van der Waals surface area contributed by atoms with E-state index in [1.54, 1.807) is 36.0 Å². The molecular weight excluding hydrogens is 240 g/mol. The number of rotatable bonds is 2. The molecule has 0 aliphatic heterocycles. The monoisotopic (exact) mass is 254 g/mol. The van der Waals surface area contributed by atoms with E-state index in [0.717, 1.165) is 5.56 Å². The number of nitrogen functional groups attached to an aromatic ring is 1. The maximum atomic E-state index is 12.1. The van der Waals surface area contributed by atoms with E-state index in [9.17, 15) is 4.79 Å². The fraction of sp³-hybridized carbons (Fsp3) is 0.143. The Bertz CT molecular complexity index is 679. The molecular formula is C14H14N4O. The molecule has 19 heavy (non-hydrogen) atoms. The van der Waals surface area contributed by atoms with Crippen molar-refractivity contribution in [3.63, 3.8) is 0 Å². The zero-order chi connectivity index (χ0) is 14.0. The smallest absolute Gasteiger partial charge is 0.272 e. The predicted octanol–water partition coefficient (Wildman–Crippen LogP) is 2.04. The number of nitrogens with two attached hydrogens (primary N) is 1. The number of aromatic nitrogens is 1. The van der Waals surface area contributed by atoms with Crippen molar-refractivity contribution in [3.05, 3.63) is 47.3 Å². The van der Waals surface area contributed by atoms with Crippen molar-refractivity contribution in [2.45, 2.75) is 6.92 Å². The van der Waals surface area contributed by atoms with Crippen LogP contribution in [0.2, 0.25) is 0 Å². The molecule has 0 fully saturated rings. The highest BCUT2D eigenvalue weighted by atomic mass is 16.1. The normalized spacial score (nSPS) is 9.95. The Morgan fingerprint density at radius 2 is 2.21 bits per heavy atom. The molecule has 0 unspecified atom stereocenters. The van der Waals surface area contributed by atoms with Crippen LogP contribution in [0.4, 0.5) is 11.4 Å². The summed E-state index contributed by atoms with van der Waals surface area (Å²) in [7, 11) is 1.74. The van der Waals surface area contributed by atoms with Crippen molar-refractivity contribution in [3.8, 4) is 6.07 Å². The number of nitriles is 1. The van der Waals surface area contributed by atoms with Gasteiger partial charge in [-0.1, -0.05) is 12.1 Å². The lowest BCUT2D eigenvalue weighted by Gasteiger charge is -2.09. The molecule has 0 saturated heterocycles. The van der Waals surface area contributed by atoms with Crippen LogP contribution in [0.5, 0.6) is 0 Å². The molecule has 0 aliphatic carbocycles. The van der Waals surface area contributed by atoms with Gasteiger partial charge in [-0.3, -0.25) is 4.79 Å². The van der Waals surface area contributed by atoms with Crippen LogP contribution in [0.1, 0.15) is 21.6 Å². The third-order valence-electron chi connectivity index (χ3n) is 2.89. The highest BCUT2D eigenvalue weighted by Crippen LogP contribution is 2.19. The molecule has 3 N–H and O–H groups in total. The highest BCUT2D eigenvalue weighted by Gasteiger charge is 2.13. The lowest BCUT2D eigenvalue weighted by Crippen LogP contribution is -2.16. The Morgan fingerprint density at radius 3 is 2.79 bits per heavy atom. The Hall–Kier alpha value is -2.74. The number of hydrogen-bond donors (Lipinski definition) is 2. The van der Waals surface area contributed by atoms with Crippen molar-refractivity contribution < 1.29 is 4.79 Å². The minimum absolute atomic E-state index is 0.290. The minimum atomic E-state index is -0.290. The van der Waals surface area contributed by atoms with E-state index in [2.05, 4.69) is 11.4 Å². The molecule has 2 rings (SSSR count). The van der Waals surface area contributed by atoms with Crippen LogP contribution >= 0.6 is 0 Å². The maximum absolute atomic E-state index is 12.1. The number of carbonyl (C=O) groups excluding carboxylic acids is 1. The van der Waals surface area contributed by atoms with Crippen LogP contribution in [0.15, 0.2) is 30.5 Å². The zero-order valence-corrected chi connectivity index (χ0v) is 10.8. The highest BCUT2D eigenvalue weighted by molar-refractivity contribution is 6.04. The standard InChI is InChI=1S/C14H14N4O/c1-9-4-3-5-12(11(9)7-15)17-14(19)13-6-10(16)8-18(13)2/h3-6,8H,16H2,1-2H3,(H,17,19). The molecule has 0 saturated carbocycles. The van der Waals surface area contributed by atoms with Crippen molar-refractivity contribution >= 4 is 17.3 Å². The second kappa shape index (κ2) is 4.86. The Labute approximate surface area is 111 Å². The van der Waals surface area contributed by atoms with Gasteiger partial charge < -0.3 is 15.6 Å². The van der Waals surface area contributed by atoms with Crippen LogP contribution < -0.4 is 11.1 Å². The van der Waals surface area contributed by atoms with Crippen molar-refractivity contribution in [2.75, 3.05) is 11.1 Å². The van der Waals surface area contributed by atoms with Crippen LogP contribution in [0, 0.1) is 18.3 Å². The summed E-state index contributed by atoms with van der Waals surface area (Å²) in [4.78, 5) is 12.1. The Morgan fingerprint density at radius 1 is 1.47 bits per heavy atom. The van der Waals surface area contributed by atoms with Gasteiger partial charge in [-0.25, -0.2) is 0 Å². The summed E-state index contributed by atoms with van der Waals surface area (Å²) in [6.45, 7) is 1.83. The summed E-state index contributed by atoms with van der Waals surface area (Å²) in [5.41, 5.74) is 8.41. The van der Waals surface area contributed by atoms with Gasteiger partial charge in [0.1, 0.15) is 11.8 Å². The first-order valence-electron chi connectivity index (χ1n) is 5.76. The van der Waals surface area contributed by atoms with Gasteiger partial charge in [0.25, 0.3) is 5.91 Å². The van der Waals surface area contributed by atoms with E-state index in [-0.39, 0.29) is 5.91 Å². The van der Waals surface area contributed by atoms with E-state index in [0.29, 0.717) is 22.6 Å². The molecule has 1 heterocycles. The second-order valence-electron chi connectivity index (χ2n) is 4.33. The third kappa shape index (κ3) is 2.43. The van der Waals surface area contributed by atoms with Gasteiger partial charge >= 0.3 is 0 Å². The van der Waals surface area contributed by atoms with Gasteiger partial charge in [0.15, 0.2) is 0 Å². The molecule has 1 aromatic heterocycles. The molecule has 1 amide bonds. The van der Waals surface area contributed by atoms with Crippen LogP contribution in [-0.4, -0.2) is 10.5 Å². The molecule has 0 bridgehead atoms. The summed E-state index contributed by atoms with van der Waals surface area (Å²) < 4.78 is 1.65. The van der Waals surface area contributed by atoms with Gasteiger partial charge in [0, 0.05) is 13.2 Å². The van der Waals surface area contributed by atoms with Gasteiger partial charge in [0.05, 0.1) is 16.9 Å². The zero-order valence-electron chi connectivity index (χ0n) is 10.8. The molecule has 2 aromatic rings. The number of anilines is 2. The van der Waals surface area contributed by atoms with Crippen LogP contribution in [0.3, 0.4) is 0 Å². The number of aryl methyl sites for hydroxylation is 2. The molecule has 0 atom stereocenters. The Kier molecular flexibility index (Phi) is 3.25. The summed E-state index contributed by atoms with van der Waals surface area (Å²) in [5.74, 6) is -0.290. The van der Waals surface area contributed by atoms with E-state index in [1.807, 2.05) is 13.0 Å². The SMILES string of the molecule is Cc1cccc(NC(=O)c2cc(N)cn2C)c1C#N. The Balaban J connectivity index is 2.32. The lowest BCUT2D eigenvalue weighted by atomic mass is 10.1. The van der Waals surface area contributed by atoms with E-state index in [1.165, 1.54) is 0 Å². The second-order valence-corrected chi connectivity index (χ2v) is 4.33. The number of benzene rings is 1. The number of carbonyl (C=O) groups is 1. The van der Waals surface area contributed by atoms with Crippen molar-refractivity contribution in [2.24, 2.45) is 7.05 Å². The number of nitrogens with zero attached hydrogens (tertiary/aromatic N) is 2. The van der Waals surface area contributed by atoms with Crippen molar-refractivity contribution in [1.29, 1.82) is 5.26 Å². The van der Waals surface area contributed by atoms with Gasteiger partial charge in [-0.15, -0.1) is 0 Å². The van der Waals surface area contributed by atoms with Gasteiger partial charge in [-0.2, -0.15) is 5.26 Å². The van der Waals surface area contributed by atoms with E-state index < -0.39 is 0 Å². The predicted molar refractivity (Wildman–Crippen MR) is 73.7 cm³/mol. The topological polar surface area (TPSA) is 83.8 Å². The molecule has 0 radical (unpaired) electrons. The molecule has 96 valence electrons. The number of nitrogens with one attached hydrogen (secondary N) is 1. The fourth-order valence-corrected chi connectivity index (χ4v) is 1.92. The van der Waals surface area contributed by atoms with Crippen LogP contribution in [0.25, 0.3) is 0 Å². The third-order valence-corrected chi connectivity index (χ3v) is 2.89. The molecule has 5 nitrogen and oxygen atoms in total. The quantitative estimate of drug-likeness (QED) is 0.860. The first-order valence-corrected chi connectivity index (χ1v) is 5.76. The molecule has 0 aliphatic rings. The van der Waals surface area contributed by atoms with Gasteiger partial charge in [0.2, 0.25) is 0 Å². The van der Waals surface area contributed by atoms with Gasteiger partial charge in [-0.05, 0) is 24.6 Å². The minimum Gasteiger partial charge on any atom is -0.397 e. The largest absolute Gasteiger partial charge is 0.397 e. The maximum Gasteiger partial charge on any atom is 0.272 e. The van der Waals surface area contributed by atoms with E-state index in [4.69, 9.17) is 11.0 Å². The summed E-state index contributed by atoms with van der Waals surface area (Å²) in [6.07, 6.45) is 1.66. The van der Waals surface area contributed by atoms with Crippen molar-refractivity contribution in [1.82, 2.24) is 4.57 Å². The first kappa shape index (κ1) is 12.7. The molecule has 5 heteroatoms. The molecule has 1 aromatic carbocycles. The summed E-state index contributed by atoms with van der Waals surface area (Å²) >= 11 is 0. The summed E-state index contributed by atoms with van der Waals surface area (Å²) in [6, 6.07) is 9.02. The van der Waals surface area contributed by atoms with Crippen LogP contribution in [-0.2, 0) is 7.05 Å². The average Bonchev–Trinajstić information content (AvgIpc) is 2.69. The summed E-state index contributed by atoms with van der Waals surface area (Å²) in [5, 5.41) is 11.8.